The molecule has 0 saturated carbocycles. The molecule has 144 valence electrons. The van der Waals surface area contributed by atoms with Crippen LogP contribution in [-0.4, -0.2) is 42.4 Å². The van der Waals surface area contributed by atoms with Crippen LogP contribution in [0.15, 0.2) is 24.3 Å². The molecule has 0 bridgehead atoms. The Labute approximate surface area is 161 Å². The minimum Gasteiger partial charge on any atom is -0.368 e. The third-order valence-electron chi connectivity index (χ3n) is 6.36. The molecule has 3 aliphatic rings. The van der Waals surface area contributed by atoms with Crippen LogP contribution in [0, 0.1) is 0 Å². The second kappa shape index (κ2) is 7.49. The molecule has 1 amide bonds. The minimum absolute atomic E-state index is 0. The maximum atomic E-state index is 13.5. The molecule has 0 aromatic heterocycles. The zero-order valence-corrected chi connectivity index (χ0v) is 16.5. The highest BCUT2D eigenvalue weighted by atomic mass is 35.5. The summed E-state index contributed by atoms with van der Waals surface area (Å²) in [5, 5.41) is -0.873. The van der Waals surface area contributed by atoms with Crippen molar-refractivity contribution < 1.29 is 13.2 Å². The Balaban J connectivity index is 0.00000196. The fourth-order valence-corrected chi connectivity index (χ4v) is 7.97. The highest BCUT2D eigenvalue weighted by molar-refractivity contribution is 7.92. The summed E-state index contributed by atoms with van der Waals surface area (Å²) < 4.78 is 27.0. The predicted octanol–water partition coefficient (Wildman–Crippen LogP) is 2.38. The molecule has 0 radical (unpaired) electrons. The van der Waals surface area contributed by atoms with Gasteiger partial charge in [-0.05, 0) is 56.1 Å². The number of fused-ring (bicyclic) bond motifs is 2. The Morgan fingerprint density at radius 1 is 1.08 bits per heavy atom. The van der Waals surface area contributed by atoms with Gasteiger partial charge in [-0.15, -0.1) is 12.4 Å². The van der Waals surface area contributed by atoms with Gasteiger partial charge in [0.05, 0.1) is 11.3 Å². The molecule has 5 nitrogen and oxygen atoms in total. The molecule has 2 fully saturated rings. The van der Waals surface area contributed by atoms with Crippen molar-refractivity contribution in [3.8, 4) is 0 Å². The second-order valence-corrected chi connectivity index (χ2v) is 9.98. The van der Waals surface area contributed by atoms with Crippen LogP contribution in [-0.2, 0) is 21.1 Å². The highest BCUT2D eigenvalue weighted by Gasteiger charge is 2.50. The SMILES string of the molecule is Cl.NC(=O)C1CCC2N1CCCC([C@@H]1CCCc3ccccc31)S2(=O)=O. The van der Waals surface area contributed by atoms with E-state index in [1.807, 2.05) is 17.0 Å². The van der Waals surface area contributed by atoms with Gasteiger partial charge < -0.3 is 5.73 Å². The number of nitrogens with two attached hydrogens (primary N) is 1. The van der Waals surface area contributed by atoms with E-state index in [0.29, 0.717) is 25.8 Å². The number of nitrogens with zero attached hydrogens (tertiary/aromatic N) is 1. The summed E-state index contributed by atoms with van der Waals surface area (Å²) in [5.74, 6) is -0.304. The molecule has 2 aliphatic heterocycles. The molecule has 1 aromatic carbocycles. The summed E-state index contributed by atoms with van der Waals surface area (Å²) in [6.45, 7) is 0.655. The molecule has 2 saturated heterocycles. The van der Waals surface area contributed by atoms with Gasteiger partial charge in [-0.3, -0.25) is 9.69 Å². The zero-order chi connectivity index (χ0) is 17.6. The van der Waals surface area contributed by atoms with Crippen LogP contribution in [0.5, 0.6) is 0 Å². The van der Waals surface area contributed by atoms with Crippen molar-refractivity contribution in [2.24, 2.45) is 5.73 Å². The number of rotatable bonds is 2. The molecule has 2 heterocycles. The average Bonchev–Trinajstić information content (AvgIpc) is 2.98. The topological polar surface area (TPSA) is 80.5 Å². The molecule has 2 N–H and O–H groups in total. The third kappa shape index (κ3) is 3.16. The lowest BCUT2D eigenvalue weighted by molar-refractivity contribution is -0.122. The fourth-order valence-electron chi connectivity index (χ4n) is 5.24. The Kier molecular flexibility index (Phi) is 5.66. The molecule has 7 heteroatoms. The van der Waals surface area contributed by atoms with Crippen LogP contribution >= 0.6 is 12.4 Å². The predicted molar refractivity (Wildman–Crippen MR) is 104 cm³/mol. The van der Waals surface area contributed by atoms with Gasteiger partial charge in [0, 0.05) is 12.5 Å². The van der Waals surface area contributed by atoms with E-state index in [1.54, 1.807) is 0 Å². The number of primary amides is 1. The Hall–Kier alpha value is -1.11. The number of sulfone groups is 1. The first kappa shape index (κ1) is 19.6. The summed E-state index contributed by atoms with van der Waals surface area (Å²) in [4.78, 5) is 13.6. The van der Waals surface area contributed by atoms with Crippen molar-refractivity contribution in [2.45, 2.75) is 67.5 Å². The number of amides is 1. The number of hydrogen-bond acceptors (Lipinski definition) is 4. The van der Waals surface area contributed by atoms with Crippen molar-refractivity contribution >= 4 is 28.2 Å². The van der Waals surface area contributed by atoms with Gasteiger partial charge in [0.1, 0.15) is 5.37 Å². The molecular weight excluding hydrogens is 372 g/mol. The quantitative estimate of drug-likeness (QED) is 0.829. The Morgan fingerprint density at radius 3 is 2.62 bits per heavy atom. The fraction of sp³-hybridized carbons (Fsp3) is 0.632. The van der Waals surface area contributed by atoms with E-state index >= 15 is 0 Å². The maximum absolute atomic E-state index is 13.5. The molecule has 1 aromatic rings. The number of benzene rings is 1. The molecule has 1 aliphatic carbocycles. The number of hydrogen-bond donors (Lipinski definition) is 1. The second-order valence-electron chi connectivity index (χ2n) is 7.66. The Morgan fingerprint density at radius 2 is 1.85 bits per heavy atom. The van der Waals surface area contributed by atoms with E-state index in [0.717, 1.165) is 25.7 Å². The van der Waals surface area contributed by atoms with Crippen molar-refractivity contribution in [2.75, 3.05) is 6.54 Å². The van der Waals surface area contributed by atoms with Gasteiger partial charge in [-0.25, -0.2) is 8.42 Å². The summed E-state index contributed by atoms with van der Waals surface area (Å²) in [5.41, 5.74) is 8.03. The van der Waals surface area contributed by atoms with Crippen LogP contribution in [0.3, 0.4) is 0 Å². The van der Waals surface area contributed by atoms with Gasteiger partial charge in [0.2, 0.25) is 5.91 Å². The summed E-state index contributed by atoms with van der Waals surface area (Å²) in [7, 11) is -3.33. The lowest BCUT2D eigenvalue weighted by Crippen LogP contribution is -2.47. The van der Waals surface area contributed by atoms with Crippen LogP contribution in [0.1, 0.15) is 55.6 Å². The van der Waals surface area contributed by atoms with Crippen LogP contribution < -0.4 is 5.73 Å². The first-order valence-electron chi connectivity index (χ1n) is 9.35. The molecule has 4 rings (SSSR count). The van der Waals surface area contributed by atoms with E-state index in [-0.39, 0.29) is 29.5 Å². The molecule has 26 heavy (non-hydrogen) atoms. The van der Waals surface area contributed by atoms with E-state index in [2.05, 4.69) is 12.1 Å². The zero-order valence-electron chi connectivity index (χ0n) is 14.8. The van der Waals surface area contributed by atoms with E-state index in [9.17, 15) is 13.2 Å². The standard InChI is InChI=1S/C19H26N2O3S.ClH/c20-19(22)16-10-11-18-21(16)12-4-9-17(25(18,23)24)15-8-3-6-13-5-1-2-7-14(13)15;/h1-2,5,7,15-18H,3-4,6,8-12H2,(H2,20,22);1H/t15-,16?,17?,18?;/m1./s1. The highest BCUT2D eigenvalue weighted by Crippen LogP contribution is 2.43. The summed E-state index contributed by atoms with van der Waals surface area (Å²) >= 11 is 0. The number of aryl methyl sites for hydroxylation is 1. The molecule has 0 spiro atoms. The Bertz CT molecular complexity index is 783. The monoisotopic (exact) mass is 398 g/mol. The molecule has 3 unspecified atom stereocenters. The maximum Gasteiger partial charge on any atom is 0.234 e. The molecular formula is C19H27ClN2O3S. The number of halogens is 1. The smallest absolute Gasteiger partial charge is 0.234 e. The first-order chi connectivity index (χ1) is 12.0. The lowest BCUT2D eigenvalue weighted by atomic mass is 9.80. The third-order valence-corrected chi connectivity index (χ3v) is 9.03. The first-order valence-corrected chi connectivity index (χ1v) is 11.0. The van der Waals surface area contributed by atoms with E-state index < -0.39 is 21.3 Å². The summed E-state index contributed by atoms with van der Waals surface area (Å²) in [6, 6.07) is 7.88. The molecule has 4 atom stereocenters. The van der Waals surface area contributed by atoms with Crippen molar-refractivity contribution in [3.05, 3.63) is 35.4 Å². The largest absolute Gasteiger partial charge is 0.368 e. The van der Waals surface area contributed by atoms with Gasteiger partial charge in [-0.2, -0.15) is 0 Å². The van der Waals surface area contributed by atoms with Gasteiger partial charge >= 0.3 is 0 Å². The van der Waals surface area contributed by atoms with Crippen molar-refractivity contribution in [1.82, 2.24) is 4.90 Å². The van der Waals surface area contributed by atoms with Crippen LogP contribution in [0.25, 0.3) is 0 Å². The van der Waals surface area contributed by atoms with Crippen LogP contribution in [0.4, 0.5) is 0 Å². The van der Waals surface area contributed by atoms with Crippen molar-refractivity contribution in [3.63, 3.8) is 0 Å². The van der Waals surface area contributed by atoms with Gasteiger partial charge in [0.25, 0.3) is 0 Å². The van der Waals surface area contributed by atoms with E-state index in [4.69, 9.17) is 5.73 Å². The van der Waals surface area contributed by atoms with E-state index in [1.165, 1.54) is 11.1 Å². The summed E-state index contributed by atoms with van der Waals surface area (Å²) in [6.07, 6.45) is 5.61. The van der Waals surface area contributed by atoms with Crippen LogP contribution in [0.2, 0.25) is 0 Å². The lowest BCUT2D eigenvalue weighted by Gasteiger charge is -2.33. The minimum atomic E-state index is -3.33. The van der Waals surface area contributed by atoms with Crippen molar-refractivity contribution in [1.29, 1.82) is 0 Å². The number of carbonyl (C=O) groups is 1. The normalized spacial score (nSPS) is 33.4. The number of carbonyl (C=O) groups excluding carboxylic acids is 1. The van der Waals surface area contributed by atoms with Gasteiger partial charge in [0.15, 0.2) is 9.84 Å². The van der Waals surface area contributed by atoms with Gasteiger partial charge in [-0.1, -0.05) is 24.3 Å². The average molecular weight is 399 g/mol.